The van der Waals surface area contributed by atoms with Crippen LogP contribution in [-0.4, -0.2) is 255 Å². The Labute approximate surface area is 312 Å². The average Bonchev–Trinajstić information content (AvgIpc) is 3.17. The van der Waals surface area contributed by atoms with Crippen LogP contribution in [0.3, 0.4) is 0 Å². The maximum Gasteiger partial charge on any atom is 0.218 e. The summed E-state index contributed by atoms with van der Waals surface area (Å²) < 4.78 is 38.5. The average molecular weight is 808 g/mol. The normalized spacial score (nSPS) is 52.5. The molecule has 3 unspecified atom stereocenters. The van der Waals surface area contributed by atoms with Gasteiger partial charge in [0.1, 0.15) is 97.7 Å². The molecule has 17 N–H and O–H groups in total. The summed E-state index contributed by atoms with van der Waals surface area (Å²) in [5, 5.41) is 170. The molecule has 0 aromatic carbocycles. The zero-order valence-electron chi connectivity index (χ0n) is 29.3. The van der Waals surface area contributed by atoms with Gasteiger partial charge in [0.15, 0.2) is 18.9 Å². The molecule has 0 aromatic rings. The van der Waals surface area contributed by atoms with E-state index < -0.39 is 174 Å². The molecule has 0 saturated carbocycles. The highest BCUT2D eigenvalue weighted by atomic mass is 16.8. The monoisotopic (exact) mass is 807 g/mol. The third-order valence-corrected chi connectivity index (χ3v) is 10.6. The van der Waals surface area contributed by atoms with E-state index >= 15 is 0 Å². The highest BCUT2D eigenvalue weighted by Crippen LogP contribution is 2.35. The van der Waals surface area contributed by atoms with E-state index in [2.05, 4.69) is 5.32 Å². The highest BCUT2D eigenvalue weighted by Gasteiger charge is 2.56. The van der Waals surface area contributed by atoms with Crippen molar-refractivity contribution in [2.24, 2.45) is 0 Å². The van der Waals surface area contributed by atoms with E-state index in [1.807, 2.05) is 0 Å². The molecule has 5 aliphatic rings. The van der Waals surface area contributed by atoms with Crippen LogP contribution in [0.1, 0.15) is 6.92 Å². The minimum atomic E-state index is -2.55. The van der Waals surface area contributed by atoms with Gasteiger partial charge in [-0.05, 0) is 12.5 Å². The first-order chi connectivity index (χ1) is 25.9. The summed E-state index contributed by atoms with van der Waals surface area (Å²) in [7, 11) is 0. The molecule has 0 radical (unpaired) electrons. The van der Waals surface area contributed by atoms with E-state index in [0.717, 1.165) is 0 Å². The molecule has 23 atom stereocenters. The molecule has 0 amide bonds. The first kappa shape index (κ1) is 44.9. The van der Waals surface area contributed by atoms with Gasteiger partial charge in [-0.1, -0.05) is 6.08 Å². The fourth-order valence-corrected chi connectivity index (χ4v) is 7.25. The number of aliphatic hydroxyl groups excluding tert-OH is 15. The van der Waals surface area contributed by atoms with Crippen LogP contribution < -0.4 is 5.32 Å². The van der Waals surface area contributed by atoms with Crippen molar-refractivity contribution in [3.8, 4) is 0 Å². The van der Waals surface area contributed by atoms with E-state index in [-0.39, 0.29) is 5.57 Å². The molecular weight excluding hydrogens is 754 g/mol. The zero-order valence-corrected chi connectivity index (χ0v) is 29.3. The van der Waals surface area contributed by atoms with Crippen LogP contribution in [0.5, 0.6) is 0 Å². The molecule has 24 heteroatoms. The molecule has 24 nitrogen and oxygen atoms in total. The molecule has 4 fully saturated rings. The molecule has 0 aromatic heterocycles. The Balaban J connectivity index is 1.22. The lowest BCUT2D eigenvalue weighted by atomic mass is 9.86. The van der Waals surface area contributed by atoms with Crippen molar-refractivity contribution < 1.29 is 115 Å². The summed E-state index contributed by atoms with van der Waals surface area (Å²) in [6.45, 7) is -2.76. The van der Waals surface area contributed by atoms with Crippen LogP contribution in [-0.2, 0) is 33.2 Å². The second-order valence-corrected chi connectivity index (χ2v) is 14.3. The number of aliphatic hydroxyl groups is 16. The van der Waals surface area contributed by atoms with Crippen LogP contribution >= 0.6 is 0 Å². The van der Waals surface area contributed by atoms with E-state index in [0.29, 0.717) is 0 Å². The largest absolute Gasteiger partial charge is 0.394 e. The number of rotatable bonds is 12. The van der Waals surface area contributed by atoms with Gasteiger partial charge in [0.05, 0.1) is 51.2 Å². The van der Waals surface area contributed by atoms with Crippen molar-refractivity contribution in [2.75, 3.05) is 33.0 Å². The van der Waals surface area contributed by atoms with Crippen molar-refractivity contribution >= 4 is 0 Å². The topological polar surface area (TPSA) is 400 Å². The zero-order chi connectivity index (χ0) is 40.7. The Kier molecular flexibility index (Phi) is 15.0. The molecular formula is C31H53NO23. The van der Waals surface area contributed by atoms with Crippen molar-refractivity contribution in [2.45, 2.75) is 147 Å². The molecule has 0 bridgehead atoms. The first-order valence-corrected chi connectivity index (χ1v) is 17.6. The smallest absolute Gasteiger partial charge is 0.218 e. The lowest BCUT2D eigenvalue weighted by Crippen LogP contribution is -2.69. The standard InChI is InChI=1S/C31H53NO23/c1-8-14(32-10-2-9(3-33)15(38)18(41)16(10)39)17(40)21(44)28(50-8)54-25-12(4-34)52-30(23(46)20(25)43)55-26-13(5-35)51-29(22(45)19(26)42)53-24-11(37)6-49-31(48,7-36)27(24)47/h2,8,10-30,32-48H,3-7H2,1H3/t8?,10-,11+,12+,13?,14+,15+,16-,17+,18-,19-,20+,21-,22-,23+,24+,25+,26+,27-,28+,29-,30+,31?/m0/s1. The van der Waals surface area contributed by atoms with Gasteiger partial charge in [0.25, 0.3) is 0 Å². The summed E-state index contributed by atoms with van der Waals surface area (Å²) in [6, 6.07) is -2.26. The lowest BCUT2D eigenvalue weighted by molar-refractivity contribution is -0.391. The Morgan fingerprint density at radius 1 is 0.655 bits per heavy atom. The Morgan fingerprint density at radius 2 is 1.15 bits per heavy atom. The van der Waals surface area contributed by atoms with Gasteiger partial charge < -0.3 is 120 Å². The predicted octanol–water partition coefficient (Wildman–Crippen LogP) is -10.7. The van der Waals surface area contributed by atoms with Gasteiger partial charge in [-0.3, -0.25) is 0 Å². The van der Waals surface area contributed by atoms with Gasteiger partial charge >= 0.3 is 0 Å². The SMILES string of the molecule is CC1O[C@H](O[C@H]2[C@H](O)[C@@H](O)[C@@H](O[C@@H]3C(CO)O[C@@H](O[C@@H]4[C@H](O)COC(O)(CO)[C@H]4O)[C@@H](O)[C@@H]3O)O[C@@H]2CO)[C@@H](O)[C@H](O)[C@@H]1N[C@H]1C=C(CO)[C@@H](O)[C@H](O)[C@H]1O. The van der Waals surface area contributed by atoms with E-state index in [4.69, 9.17) is 33.2 Å². The van der Waals surface area contributed by atoms with Gasteiger partial charge in [0, 0.05) is 0 Å². The van der Waals surface area contributed by atoms with E-state index in [1.54, 1.807) is 0 Å². The molecule has 55 heavy (non-hydrogen) atoms. The third kappa shape index (κ3) is 8.88. The lowest BCUT2D eigenvalue weighted by Gasteiger charge is -2.49. The summed E-state index contributed by atoms with van der Waals surface area (Å²) in [6.07, 6.45) is -33.7. The Morgan fingerprint density at radius 3 is 1.64 bits per heavy atom. The maximum absolute atomic E-state index is 11.1. The number of hydrogen-bond donors (Lipinski definition) is 17. The highest BCUT2D eigenvalue weighted by molar-refractivity contribution is 5.22. The van der Waals surface area contributed by atoms with Crippen LogP contribution in [0.25, 0.3) is 0 Å². The van der Waals surface area contributed by atoms with Gasteiger partial charge in [-0.15, -0.1) is 0 Å². The molecule has 4 aliphatic heterocycles. The van der Waals surface area contributed by atoms with Crippen molar-refractivity contribution in [1.29, 1.82) is 0 Å². The van der Waals surface area contributed by atoms with Gasteiger partial charge in [-0.25, -0.2) is 0 Å². The van der Waals surface area contributed by atoms with Crippen LogP contribution in [0.4, 0.5) is 0 Å². The maximum atomic E-state index is 11.1. The van der Waals surface area contributed by atoms with E-state index in [9.17, 15) is 81.7 Å². The minimum absolute atomic E-state index is 0.00382. The minimum Gasteiger partial charge on any atom is -0.394 e. The molecule has 4 saturated heterocycles. The third-order valence-electron chi connectivity index (χ3n) is 10.6. The Hall–Kier alpha value is -1.22. The molecule has 0 spiro atoms. The molecule has 1 aliphatic carbocycles. The van der Waals surface area contributed by atoms with E-state index in [1.165, 1.54) is 13.0 Å². The van der Waals surface area contributed by atoms with Crippen molar-refractivity contribution in [3.05, 3.63) is 11.6 Å². The van der Waals surface area contributed by atoms with Crippen LogP contribution in [0.15, 0.2) is 11.6 Å². The van der Waals surface area contributed by atoms with Crippen molar-refractivity contribution in [1.82, 2.24) is 5.32 Å². The fraction of sp³-hybridized carbons (Fsp3) is 0.935. The number of nitrogens with one attached hydrogen (secondary N) is 1. The number of hydrogen-bond acceptors (Lipinski definition) is 24. The predicted molar refractivity (Wildman–Crippen MR) is 170 cm³/mol. The quantitative estimate of drug-likeness (QED) is 0.0814. The second kappa shape index (κ2) is 18.4. The van der Waals surface area contributed by atoms with Crippen molar-refractivity contribution in [3.63, 3.8) is 0 Å². The molecule has 320 valence electrons. The first-order valence-electron chi connectivity index (χ1n) is 17.6. The van der Waals surface area contributed by atoms with Crippen LogP contribution in [0, 0.1) is 0 Å². The molecule has 4 heterocycles. The fourth-order valence-electron chi connectivity index (χ4n) is 7.25. The van der Waals surface area contributed by atoms with Gasteiger partial charge in [0.2, 0.25) is 5.79 Å². The summed E-state index contributed by atoms with van der Waals surface area (Å²) in [5.41, 5.74) is -0.00382. The number of ether oxygens (including phenoxy) is 7. The molecule has 5 rings (SSSR count). The van der Waals surface area contributed by atoms with Crippen LogP contribution in [0.2, 0.25) is 0 Å². The van der Waals surface area contributed by atoms with Gasteiger partial charge in [-0.2, -0.15) is 0 Å². The Bertz CT molecular complexity index is 1270. The summed E-state index contributed by atoms with van der Waals surface area (Å²) in [5.74, 6) is -2.55. The second-order valence-electron chi connectivity index (χ2n) is 14.3. The summed E-state index contributed by atoms with van der Waals surface area (Å²) in [4.78, 5) is 0. The summed E-state index contributed by atoms with van der Waals surface area (Å²) >= 11 is 0.